The molecule has 3 fully saturated rings. The summed E-state index contributed by atoms with van der Waals surface area (Å²) in [4.78, 5) is 42.8. The fraction of sp³-hybridized carbons (Fsp3) is 0.500. The molecule has 5 rings (SSSR count). The molecule has 180 valence electrons. The van der Waals surface area contributed by atoms with Gasteiger partial charge in [-0.05, 0) is 31.2 Å². The maximum absolute atomic E-state index is 13.2. The highest BCUT2D eigenvalue weighted by atomic mass is 19.1. The number of anilines is 3. The lowest BCUT2D eigenvalue weighted by atomic mass is 10.1. The molecule has 34 heavy (non-hydrogen) atoms. The molecule has 1 atom stereocenters. The number of ether oxygens (including phenoxy) is 1. The average molecular weight is 469 g/mol. The van der Waals surface area contributed by atoms with Gasteiger partial charge in [-0.15, -0.1) is 0 Å². The molecule has 0 spiro atoms. The van der Waals surface area contributed by atoms with Gasteiger partial charge in [0, 0.05) is 69.7 Å². The third-order valence-electron chi connectivity index (χ3n) is 6.65. The molecule has 2 aromatic rings. The van der Waals surface area contributed by atoms with Crippen LogP contribution >= 0.6 is 0 Å². The Labute approximate surface area is 198 Å². The lowest BCUT2D eigenvalue weighted by Gasteiger charge is -2.37. The smallest absolute Gasteiger partial charge is 0.228 e. The van der Waals surface area contributed by atoms with E-state index in [2.05, 4.69) is 14.8 Å². The first-order chi connectivity index (χ1) is 16.5. The molecule has 3 aliphatic rings. The van der Waals surface area contributed by atoms with Gasteiger partial charge in [0.1, 0.15) is 11.6 Å². The Bertz CT molecular complexity index is 1050. The summed E-state index contributed by atoms with van der Waals surface area (Å²) in [5, 5.41) is 0. The highest BCUT2D eigenvalue weighted by Gasteiger charge is 2.38. The molecular formula is C24H29FN6O3. The van der Waals surface area contributed by atoms with E-state index in [0.717, 1.165) is 30.5 Å². The predicted octanol–water partition coefficient (Wildman–Crippen LogP) is 1.46. The summed E-state index contributed by atoms with van der Waals surface area (Å²) in [5.41, 5.74) is 1.54. The Hall–Kier alpha value is -3.27. The van der Waals surface area contributed by atoms with Crippen LogP contribution in [0, 0.1) is 18.7 Å². The molecule has 1 aromatic heterocycles. The highest BCUT2D eigenvalue weighted by molar-refractivity contribution is 6.00. The van der Waals surface area contributed by atoms with E-state index in [9.17, 15) is 14.0 Å². The van der Waals surface area contributed by atoms with Crippen molar-refractivity contribution in [2.75, 3.05) is 73.7 Å². The Morgan fingerprint density at radius 3 is 2.41 bits per heavy atom. The normalized spacial score (nSPS) is 21.4. The van der Waals surface area contributed by atoms with Gasteiger partial charge in [-0.1, -0.05) is 0 Å². The zero-order chi connectivity index (χ0) is 23.7. The van der Waals surface area contributed by atoms with Crippen molar-refractivity contribution in [2.24, 2.45) is 5.92 Å². The Morgan fingerprint density at radius 2 is 1.71 bits per heavy atom. The second-order valence-electron chi connectivity index (χ2n) is 8.96. The van der Waals surface area contributed by atoms with Gasteiger partial charge in [0.2, 0.25) is 17.8 Å². The number of halogens is 1. The number of amides is 2. The molecule has 0 bridgehead atoms. The number of piperazine rings is 1. The fourth-order valence-electron chi connectivity index (χ4n) is 4.76. The lowest BCUT2D eigenvalue weighted by molar-refractivity contribution is -0.136. The van der Waals surface area contributed by atoms with Crippen molar-refractivity contribution in [3.8, 4) is 0 Å². The van der Waals surface area contributed by atoms with Crippen molar-refractivity contribution in [1.82, 2.24) is 14.9 Å². The van der Waals surface area contributed by atoms with Gasteiger partial charge < -0.3 is 24.3 Å². The van der Waals surface area contributed by atoms with Crippen molar-refractivity contribution >= 4 is 29.3 Å². The molecule has 3 saturated heterocycles. The SMILES string of the molecule is Cc1cc(N2CCN(C(=O)C3CC(=O)N(c4ccc(F)cc4)C3)CC2)nc(N2CCOCC2)n1. The molecule has 3 aliphatic heterocycles. The Balaban J connectivity index is 1.20. The van der Waals surface area contributed by atoms with E-state index >= 15 is 0 Å². The molecule has 2 amide bonds. The molecule has 0 saturated carbocycles. The molecule has 1 aromatic carbocycles. The number of hydrogen-bond donors (Lipinski definition) is 0. The van der Waals surface area contributed by atoms with Gasteiger partial charge >= 0.3 is 0 Å². The molecule has 9 nitrogen and oxygen atoms in total. The monoisotopic (exact) mass is 468 g/mol. The fourth-order valence-corrected chi connectivity index (χ4v) is 4.76. The van der Waals surface area contributed by atoms with Crippen LogP contribution in [0.3, 0.4) is 0 Å². The number of aryl methyl sites for hydroxylation is 1. The van der Waals surface area contributed by atoms with Crippen molar-refractivity contribution < 1.29 is 18.7 Å². The van der Waals surface area contributed by atoms with E-state index in [1.807, 2.05) is 17.9 Å². The third kappa shape index (κ3) is 4.68. The van der Waals surface area contributed by atoms with Crippen molar-refractivity contribution in [3.63, 3.8) is 0 Å². The summed E-state index contributed by atoms with van der Waals surface area (Å²) < 4.78 is 18.7. The Morgan fingerprint density at radius 1 is 1.00 bits per heavy atom. The number of carbonyl (C=O) groups is 2. The second kappa shape index (κ2) is 9.54. The zero-order valence-corrected chi connectivity index (χ0v) is 19.3. The van der Waals surface area contributed by atoms with E-state index in [4.69, 9.17) is 9.72 Å². The summed E-state index contributed by atoms with van der Waals surface area (Å²) in [6.07, 6.45) is 0.185. The van der Waals surface area contributed by atoms with E-state index in [-0.39, 0.29) is 30.0 Å². The number of benzene rings is 1. The Kier molecular flexibility index (Phi) is 6.32. The van der Waals surface area contributed by atoms with E-state index in [1.54, 1.807) is 17.0 Å². The standard InChI is InChI=1S/C24H29FN6O3/c1-17-14-21(27-24(26-17)30-10-12-34-13-11-30)28-6-8-29(9-7-28)23(33)18-15-22(32)31(16-18)20-4-2-19(25)3-5-20/h2-5,14,18H,6-13,15-16H2,1H3. The van der Waals surface area contributed by atoms with Crippen molar-refractivity contribution in [1.29, 1.82) is 0 Å². The third-order valence-corrected chi connectivity index (χ3v) is 6.65. The van der Waals surface area contributed by atoms with Crippen LogP contribution in [0.5, 0.6) is 0 Å². The van der Waals surface area contributed by atoms with Crippen LogP contribution in [-0.4, -0.2) is 85.7 Å². The van der Waals surface area contributed by atoms with E-state index in [0.29, 0.717) is 51.6 Å². The van der Waals surface area contributed by atoms with Gasteiger partial charge in [0.25, 0.3) is 0 Å². The quantitative estimate of drug-likeness (QED) is 0.672. The van der Waals surface area contributed by atoms with Gasteiger partial charge in [-0.3, -0.25) is 9.59 Å². The van der Waals surface area contributed by atoms with Gasteiger partial charge in [-0.25, -0.2) is 9.37 Å². The van der Waals surface area contributed by atoms with Crippen molar-refractivity contribution in [3.05, 3.63) is 41.8 Å². The van der Waals surface area contributed by atoms with Gasteiger partial charge in [-0.2, -0.15) is 4.98 Å². The summed E-state index contributed by atoms with van der Waals surface area (Å²) in [6.45, 7) is 7.72. The molecule has 4 heterocycles. The number of hydrogen-bond acceptors (Lipinski definition) is 7. The topological polar surface area (TPSA) is 82.1 Å². The van der Waals surface area contributed by atoms with Crippen LogP contribution in [0.2, 0.25) is 0 Å². The number of aromatic nitrogens is 2. The molecule has 0 radical (unpaired) electrons. The summed E-state index contributed by atoms with van der Waals surface area (Å²) in [6, 6.07) is 7.80. The van der Waals surface area contributed by atoms with Crippen molar-refractivity contribution in [2.45, 2.75) is 13.3 Å². The van der Waals surface area contributed by atoms with Crippen LogP contribution < -0.4 is 14.7 Å². The van der Waals surface area contributed by atoms with Crippen LogP contribution in [0.1, 0.15) is 12.1 Å². The minimum absolute atomic E-state index is 0.00508. The summed E-state index contributed by atoms with van der Waals surface area (Å²) >= 11 is 0. The van der Waals surface area contributed by atoms with Gasteiger partial charge in [0.05, 0.1) is 19.1 Å². The van der Waals surface area contributed by atoms with E-state index in [1.165, 1.54) is 12.1 Å². The molecular weight excluding hydrogens is 439 g/mol. The van der Waals surface area contributed by atoms with Crippen LogP contribution in [0.15, 0.2) is 30.3 Å². The highest BCUT2D eigenvalue weighted by Crippen LogP contribution is 2.27. The minimum Gasteiger partial charge on any atom is -0.378 e. The maximum atomic E-state index is 13.2. The maximum Gasteiger partial charge on any atom is 0.228 e. The van der Waals surface area contributed by atoms with Gasteiger partial charge in [0.15, 0.2) is 0 Å². The van der Waals surface area contributed by atoms with E-state index < -0.39 is 0 Å². The largest absolute Gasteiger partial charge is 0.378 e. The van der Waals surface area contributed by atoms with Crippen LogP contribution in [-0.2, 0) is 14.3 Å². The minimum atomic E-state index is -0.377. The van der Waals surface area contributed by atoms with Crippen LogP contribution in [0.25, 0.3) is 0 Å². The van der Waals surface area contributed by atoms with Crippen LogP contribution in [0.4, 0.5) is 21.8 Å². The number of morpholine rings is 1. The number of carbonyl (C=O) groups excluding carboxylic acids is 2. The first kappa shape index (κ1) is 22.5. The second-order valence-corrected chi connectivity index (χ2v) is 8.96. The first-order valence-corrected chi connectivity index (χ1v) is 11.8. The number of nitrogens with zero attached hydrogens (tertiary/aromatic N) is 6. The average Bonchev–Trinajstić information content (AvgIpc) is 3.26. The molecule has 10 heteroatoms. The predicted molar refractivity (Wildman–Crippen MR) is 125 cm³/mol. The molecule has 1 unspecified atom stereocenters. The molecule has 0 aliphatic carbocycles. The summed E-state index contributed by atoms with van der Waals surface area (Å²) in [5.74, 6) is 0.776. The first-order valence-electron chi connectivity index (χ1n) is 11.8. The lowest BCUT2D eigenvalue weighted by Crippen LogP contribution is -2.51. The molecule has 0 N–H and O–H groups in total. The summed E-state index contributed by atoms with van der Waals surface area (Å²) in [7, 11) is 0. The number of rotatable bonds is 4. The zero-order valence-electron chi connectivity index (χ0n) is 19.3.